The number of hydrogen-bond donors (Lipinski definition) is 2. The van der Waals surface area contributed by atoms with Crippen molar-refractivity contribution in [2.24, 2.45) is 0 Å². The van der Waals surface area contributed by atoms with Crippen molar-refractivity contribution in [3.63, 3.8) is 0 Å². The molecule has 1 aliphatic heterocycles. The predicted molar refractivity (Wildman–Crippen MR) is 142 cm³/mol. The van der Waals surface area contributed by atoms with Crippen molar-refractivity contribution in [2.75, 3.05) is 22.1 Å². The molecule has 0 unspecified atom stereocenters. The molecule has 0 atom stereocenters. The number of amides is 3. The molecule has 0 aliphatic carbocycles. The SMILES string of the molecule is CCOC(=O)c1ccc(NC(=O)c2cccc(NC3=C(Cl)C(=O)N(c4cccc(Cl)c4C)C3=O)c2)cc1. The van der Waals surface area contributed by atoms with Crippen molar-refractivity contribution < 1.29 is 23.9 Å². The average molecular weight is 538 g/mol. The second-order valence-corrected chi connectivity index (χ2v) is 8.76. The zero-order valence-corrected chi connectivity index (χ0v) is 21.3. The normalized spacial score (nSPS) is 13.1. The van der Waals surface area contributed by atoms with Crippen molar-refractivity contribution in [3.05, 3.63) is 99.2 Å². The second kappa shape index (κ2) is 10.9. The van der Waals surface area contributed by atoms with Crippen molar-refractivity contribution in [1.82, 2.24) is 0 Å². The molecule has 3 aromatic carbocycles. The molecule has 1 aliphatic rings. The molecule has 3 amide bonds. The highest BCUT2D eigenvalue weighted by molar-refractivity contribution is 6.53. The van der Waals surface area contributed by atoms with Gasteiger partial charge in [-0.3, -0.25) is 14.4 Å². The lowest BCUT2D eigenvalue weighted by molar-refractivity contribution is -0.120. The molecule has 0 bridgehead atoms. The van der Waals surface area contributed by atoms with Crippen LogP contribution in [0.5, 0.6) is 0 Å². The molecule has 0 radical (unpaired) electrons. The summed E-state index contributed by atoms with van der Waals surface area (Å²) in [5.74, 6) is -2.19. The first-order chi connectivity index (χ1) is 17.7. The fraction of sp³-hybridized carbons (Fsp3) is 0.111. The number of ether oxygens (including phenoxy) is 1. The van der Waals surface area contributed by atoms with E-state index < -0.39 is 23.7 Å². The maximum atomic E-state index is 13.1. The van der Waals surface area contributed by atoms with Crippen LogP contribution in [0, 0.1) is 6.92 Å². The molecular formula is C27H21Cl2N3O5. The summed E-state index contributed by atoms with van der Waals surface area (Å²) >= 11 is 12.4. The Morgan fingerprint density at radius 3 is 2.30 bits per heavy atom. The Morgan fingerprint density at radius 2 is 1.59 bits per heavy atom. The van der Waals surface area contributed by atoms with E-state index in [1.165, 1.54) is 6.07 Å². The van der Waals surface area contributed by atoms with Gasteiger partial charge >= 0.3 is 5.97 Å². The lowest BCUT2D eigenvalue weighted by atomic mass is 10.1. The topological polar surface area (TPSA) is 105 Å². The Labute approximate surface area is 222 Å². The maximum absolute atomic E-state index is 13.1. The number of rotatable bonds is 7. The van der Waals surface area contributed by atoms with E-state index >= 15 is 0 Å². The lowest BCUT2D eigenvalue weighted by Gasteiger charge is -2.18. The third kappa shape index (κ3) is 5.35. The first-order valence-corrected chi connectivity index (χ1v) is 12.0. The molecule has 0 aromatic heterocycles. The van der Waals surface area contributed by atoms with Gasteiger partial charge < -0.3 is 15.4 Å². The fourth-order valence-electron chi connectivity index (χ4n) is 3.66. The quantitative estimate of drug-likeness (QED) is 0.304. The highest BCUT2D eigenvalue weighted by atomic mass is 35.5. The summed E-state index contributed by atoms with van der Waals surface area (Å²) in [5.41, 5.74) is 2.29. The molecule has 3 aromatic rings. The van der Waals surface area contributed by atoms with Crippen LogP contribution in [0.3, 0.4) is 0 Å². The number of carbonyl (C=O) groups is 4. The van der Waals surface area contributed by atoms with Crippen LogP contribution in [-0.4, -0.2) is 30.3 Å². The Kier molecular flexibility index (Phi) is 7.61. The van der Waals surface area contributed by atoms with Gasteiger partial charge in [-0.2, -0.15) is 0 Å². The largest absolute Gasteiger partial charge is 0.462 e. The summed E-state index contributed by atoms with van der Waals surface area (Å²) in [7, 11) is 0. The number of carbonyl (C=O) groups excluding carboxylic acids is 4. The summed E-state index contributed by atoms with van der Waals surface area (Å²) in [4.78, 5) is 51.5. The van der Waals surface area contributed by atoms with Crippen LogP contribution in [0.15, 0.2) is 77.5 Å². The van der Waals surface area contributed by atoms with Gasteiger partial charge in [-0.15, -0.1) is 0 Å². The van der Waals surface area contributed by atoms with Crippen LogP contribution in [0.25, 0.3) is 0 Å². The highest BCUT2D eigenvalue weighted by Gasteiger charge is 2.39. The van der Waals surface area contributed by atoms with Crippen LogP contribution in [-0.2, 0) is 14.3 Å². The maximum Gasteiger partial charge on any atom is 0.338 e. The van der Waals surface area contributed by atoms with Gasteiger partial charge in [-0.25, -0.2) is 9.69 Å². The molecule has 8 nitrogen and oxygen atoms in total. The summed E-state index contributed by atoms with van der Waals surface area (Å²) in [5, 5.41) is 5.74. The molecular weight excluding hydrogens is 517 g/mol. The Morgan fingerprint density at radius 1 is 0.892 bits per heavy atom. The Hall–Kier alpha value is -4.14. The van der Waals surface area contributed by atoms with E-state index in [1.54, 1.807) is 74.5 Å². The molecule has 4 rings (SSSR count). The van der Waals surface area contributed by atoms with E-state index in [0.29, 0.717) is 33.2 Å². The van der Waals surface area contributed by atoms with Gasteiger partial charge in [0, 0.05) is 22.0 Å². The number of halogens is 2. The van der Waals surface area contributed by atoms with Gasteiger partial charge in [-0.1, -0.05) is 35.3 Å². The molecule has 0 saturated carbocycles. The van der Waals surface area contributed by atoms with Gasteiger partial charge in [0.15, 0.2) is 0 Å². The van der Waals surface area contributed by atoms with E-state index in [9.17, 15) is 19.2 Å². The third-order valence-electron chi connectivity index (χ3n) is 5.56. The van der Waals surface area contributed by atoms with Gasteiger partial charge in [0.2, 0.25) is 0 Å². The summed E-state index contributed by atoms with van der Waals surface area (Å²) in [6.07, 6.45) is 0. The number of benzene rings is 3. The van der Waals surface area contributed by atoms with Crippen LogP contribution < -0.4 is 15.5 Å². The summed E-state index contributed by atoms with van der Waals surface area (Å²) < 4.78 is 4.95. The number of imide groups is 1. The van der Waals surface area contributed by atoms with Gasteiger partial charge in [0.25, 0.3) is 17.7 Å². The summed E-state index contributed by atoms with van der Waals surface area (Å²) in [6.45, 7) is 3.68. The van der Waals surface area contributed by atoms with Gasteiger partial charge in [0.05, 0.1) is 17.9 Å². The van der Waals surface area contributed by atoms with Gasteiger partial charge in [-0.05, 0) is 74.0 Å². The van der Waals surface area contributed by atoms with Crippen LogP contribution in [0.1, 0.15) is 33.2 Å². The second-order valence-electron chi connectivity index (χ2n) is 7.98. The molecule has 0 spiro atoms. The first-order valence-electron chi connectivity index (χ1n) is 11.2. The number of hydrogen-bond acceptors (Lipinski definition) is 6. The molecule has 0 saturated heterocycles. The zero-order chi connectivity index (χ0) is 26.7. The Balaban J connectivity index is 1.50. The third-order valence-corrected chi connectivity index (χ3v) is 6.32. The molecule has 188 valence electrons. The van der Waals surface area contributed by atoms with E-state index in [1.807, 2.05) is 0 Å². The van der Waals surface area contributed by atoms with E-state index in [0.717, 1.165) is 4.90 Å². The van der Waals surface area contributed by atoms with E-state index in [-0.39, 0.29) is 22.9 Å². The lowest BCUT2D eigenvalue weighted by Crippen LogP contribution is -2.32. The number of esters is 1. The van der Waals surface area contributed by atoms with Crippen molar-refractivity contribution in [3.8, 4) is 0 Å². The van der Waals surface area contributed by atoms with Crippen molar-refractivity contribution in [2.45, 2.75) is 13.8 Å². The monoisotopic (exact) mass is 537 g/mol. The molecule has 1 heterocycles. The average Bonchev–Trinajstić information content (AvgIpc) is 3.09. The number of nitrogens with zero attached hydrogens (tertiary/aromatic N) is 1. The molecule has 2 N–H and O–H groups in total. The Bertz CT molecular complexity index is 1450. The van der Waals surface area contributed by atoms with Crippen molar-refractivity contribution >= 4 is 64.0 Å². The first kappa shape index (κ1) is 25.9. The minimum absolute atomic E-state index is 0.113. The fourth-order valence-corrected chi connectivity index (χ4v) is 4.04. The number of anilines is 3. The smallest absolute Gasteiger partial charge is 0.338 e. The van der Waals surface area contributed by atoms with Crippen LogP contribution >= 0.6 is 23.2 Å². The minimum Gasteiger partial charge on any atom is -0.462 e. The van der Waals surface area contributed by atoms with E-state index in [2.05, 4.69) is 10.6 Å². The molecule has 37 heavy (non-hydrogen) atoms. The molecule has 10 heteroatoms. The van der Waals surface area contributed by atoms with Crippen molar-refractivity contribution in [1.29, 1.82) is 0 Å². The number of nitrogens with one attached hydrogen (secondary N) is 2. The van der Waals surface area contributed by atoms with Crippen LogP contribution in [0.2, 0.25) is 5.02 Å². The molecule has 0 fully saturated rings. The standard InChI is InChI=1S/C27H21Cl2N3O5/c1-3-37-27(36)16-10-12-18(13-11-16)31-24(33)17-6-4-7-19(14-17)30-23-22(29)25(34)32(26(23)35)21-9-5-8-20(28)15(21)2/h4-14,30H,3H2,1-2H3,(H,31,33). The minimum atomic E-state index is -0.681. The van der Waals surface area contributed by atoms with E-state index in [4.69, 9.17) is 27.9 Å². The van der Waals surface area contributed by atoms with Crippen LogP contribution in [0.4, 0.5) is 17.1 Å². The highest BCUT2D eigenvalue weighted by Crippen LogP contribution is 2.34. The predicted octanol–water partition coefficient (Wildman–Crippen LogP) is 5.51. The zero-order valence-electron chi connectivity index (χ0n) is 19.8. The van der Waals surface area contributed by atoms with Gasteiger partial charge in [0.1, 0.15) is 10.7 Å². The summed E-state index contributed by atoms with van der Waals surface area (Å²) in [6, 6.07) is 17.5.